The van der Waals surface area contributed by atoms with E-state index in [9.17, 15) is 9.59 Å². The molecule has 1 N–H and O–H groups in total. The molecule has 0 aliphatic carbocycles. The van der Waals surface area contributed by atoms with Crippen LogP contribution in [0.3, 0.4) is 0 Å². The number of carbonyl (C=O) groups excluding carboxylic acids is 2. The van der Waals surface area contributed by atoms with E-state index in [0.29, 0.717) is 32.0 Å². The summed E-state index contributed by atoms with van der Waals surface area (Å²) in [5, 5.41) is 2.90. The van der Waals surface area contributed by atoms with Crippen molar-refractivity contribution < 1.29 is 14.3 Å². The lowest BCUT2D eigenvalue weighted by Crippen LogP contribution is -2.69. The Hall–Kier alpha value is -1.10. The molecule has 5 nitrogen and oxygen atoms in total. The van der Waals surface area contributed by atoms with Gasteiger partial charge >= 0.3 is 0 Å². The van der Waals surface area contributed by atoms with Crippen LogP contribution in [0.5, 0.6) is 0 Å². The maximum absolute atomic E-state index is 12.8. The van der Waals surface area contributed by atoms with E-state index in [0.717, 1.165) is 6.42 Å². The summed E-state index contributed by atoms with van der Waals surface area (Å²) in [6, 6.07) is -0.750. The second kappa shape index (κ2) is 5.72. The van der Waals surface area contributed by atoms with E-state index in [1.54, 1.807) is 0 Å². The van der Waals surface area contributed by atoms with Crippen molar-refractivity contribution in [1.29, 1.82) is 0 Å². The highest BCUT2D eigenvalue weighted by Gasteiger charge is 2.49. The van der Waals surface area contributed by atoms with Crippen molar-refractivity contribution in [1.82, 2.24) is 10.2 Å². The Balaban J connectivity index is 2.27. The fourth-order valence-electron chi connectivity index (χ4n) is 3.26. The Morgan fingerprint density at radius 3 is 2.65 bits per heavy atom. The number of rotatable bonds is 4. The van der Waals surface area contributed by atoms with Crippen LogP contribution in [0.15, 0.2) is 0 Å². The normalized spacial score (nSPS) is 34.8. The lowest BCUT2D eigenvalue weighted by atomic mass is 9.90. The van der Waals surface area contributed by atoms with Crippen LogP contribution < -0.4 is 5.32 Å². The van der Waals surface area contributed by atoms with Gasteiger partial charge in [0.15, 0.2) is 0 Å². The first-order valence-electron chi connectivity index (χ1n) is 7.60. The molecule has 2 rings (SSSR count). The summed E-state index contributed by atoms with van der Waals surface area (Å²) in [5.41, 5.74) is -0.343. The average Bonchev–Trinajstić information content (AvgIpc) is 2.80. The average molecular weight is 282 g/mol. The monoisotopic (exact) mass is 282 g/mol. The Bertz CT molecular complexity index is 389. The molecule has 2 aliphatic heterocycles. The van der Waals surface area contributed by atoms with Gasteiger partial charge in [-0.25, -0.2) is 0 Å². The zero-order chi connectivity index (χ0) is 14.9. The molecular weight excluding hydrogens is 256 g/mol. The zero-order valence-corrected chi connectivity index (χ0v) is 12.9. The first-order chi connectivity index (χ1) is 9.39. The van der Waals surface area contributed by atoms with Crippen LogP contribution in [-0.4, -0.2) is 47.6 Å². The van der Waals surface area contributed by atoms with Crippen molar-refractivity contribution in [2.24, 2.45) is 5.92 Å². The third-order valence-corrected chi connectivity index (χ3v) is 4.34. The molecule has 0 aromatic rings. The van der Waals surface area contributed by atoms with Crippen molar-refractivity contribution >= 4 is 11.8 Å². The van der Waals surface area contributed by atoms with E-state index in [4.69, 9.17) is 4.74 Å². The minimum absolute atomic E-state index is 0.0223. The zero-order valence-electron chi connectivity index (χ0n) is 12.9. The van der Waals surface area contributed by atoms with Crippen molar-refractivity contribution in [3.63, 3.8) is 0 Å². The molecule has 0 radical (unpaired) electrons. The molecular formula is C15H26N2O3. The van der Waals surface area contributed by atoms with Crippen LogP contribution in [0.1, 0.15) is 47.0 Å². The van der Waals surface area contributed by atoms with Crippen LogP contribution in [-0.2, 0) is 14.3 Å². The lowest BCUT2D eigenvalue weighted by molar-refractivity contribution is -0.157. The number of nitrogens with one attached hydrogen (secondary N) is 1. The van der Waals surface area contributed by atoms with Gasteiger partial charge in [0.1, 0.15) is 12.1 Å². The summed E-state index contributed by atoms with van der Waals surface area (Å²) in [4.78, 5) is 27.0. The highest BCUT2D eigenvalue weighted by molar-refractivity contribution is 5.97. The first kappa shape index (κ1) is 15.3. The van der Waals surface area contributed by atoms with E-state index in [1.807, 2.05) is 18.7 Å². The van der Waals surface area contributed by atoms with Gasteiger partial charge in [0.05, 0.1) is 12.1 Å². The van der Waals surface area contributed by atoms with E-state index in [2.05, 4.69) is 19.2 Å². The fraction of sp³-hybridized carbons (Fsp3) is 0.867. The van der Waals surface area contributed by atoms with Crippen LogP contribution in [0.4, 0.5) is 0 Å². The number of ether oxygens (including phenoxy) is 1. The van der Waals surface area contributed by atoms with Gasteiger partial charge in [0.2, 0.25) is 11.8 Å². The Labute approximate surface area is 121 Å². The van der Waals surface area contributed by atoms with Gasteiger partial charge in [0.25, 0.3) is 0 Å². The van der Waals surface area contributed by atoms with E-state index in [1.165, 1.54) is 0 Å². The molecule has 2 aliphatic rings. The quantitative estimate of drug-likeness (QED) is 0.846. The molecule has 2 amide bonds. The van der Waals surface area contributed by atoms with Crippen LogP contribution in [0.25, 0.3) is 0 Å². The first-order valence-corrected chi connectivity index (χ1v) is 7.60. The molecule has 0 bridgehead atoms. The molecule has 114 valence electrons. The molecule has 2 saturated heterocycles. The maximum atomic E-state index is 12.8. The Morgan fingerprint density at radius 1 is 1.45 bits per heavy atom. The molecule has 5 heteroatoms. The number of nitrogens with zero attached hydrogens (tertiary/aromatic N) is 1. The van der Waals surface area contributed by atoms with Gasteiger partial charge in [-0.3, -0.25) is 9.59 Å². The molecule has 0 aromatic heterocycles. The molecule has 2 fully saturated rings. The van der Waals surface area contributed by atoms with Gasteiger partial charge < -0.3 is 15.0 Å². The Morgan fingerprint density at radius 2 is 2.15 bits per heavy atom. The number of carbonyl (C=O) groups is 2. The highest BCUT2D eigenvalue weighted by atomic mass is 16.5. The largest absolute Gasteiger partial charge is 0.379 e. The van der Waals surface area contributed by atoms with Crippen LogP contribution in [0, 0.1) is 5.92 Å². The van der Waals surface area contributed by atoms with Gasteiger partial charge in [-0.15, -0.1) is 0 Å². The smallest absolute Gasteiger partial charge is 0.246 e. The minimum Gasteiger partial charge on any atom is -0.379 e. The van der Waals surface area contributed by atoms with Gasteiger partial charge in [-0.1, -0.05) is 20.8 Å². The molecule has 3 unspecified atom stereocenters. The summed E-state index contributed by atoms with van der Waals surface area (Å²) in [5.74, 6) is 0.404. The molecule has 3 atom stereocenters. The minimum atomic E-state index is -0.386. The lowest BCUT2D eigenvalue weighted by Gasteiger charge is -2.47. The third kappa shape index (κ3) is 2.68. The molecule has 2 heterocycles. The predicted molar refractivity (Wildman–Crippen MR) is 76.2 cm³/mol. The number of amides is 2. The number of hydrogen-bond acceptors (Lipinski definition) is 3. The highest BCUT2D eigenvalue weighted by Crippen LogP contribution is 2.32. The van der Waals surface area contributed by atoms with E-state index in [-0.39, 0.29) is 29.4 Å². The standard InChI is InChI=1S/C15H26N2O3/c1-5-12-13(18)16-11(8-10(2)3)14(19)17(12)15(4)6-7-20-9-15/h10-12H,5-9H2,1-4H3,(H,16,18). The van der Waals surface area contributed by atoms with E-state index >= 15 is 0 Å². The fourth-order valence-corrected chi connectivity index (χ4v) is 3.26. The molecule has 0 saturated carbocycles. The van der Waals surface area contributed by atoms with Crippen LogP contribution in [0.2, 0.25) is 0 Å². The van der Waals surface area contributed by atoms with Crippen molar-refractivity contribution in [3.8, 4) is 0 Å². The third-order valence-electron chi connectivity index (χ3n) is 4.34. The van der Waals surface area contributed by atoms with Gasteiger partial charge in [0, 0.05) is 6.61 Å². The Kier molecular flexibility index (Phi) is 4.37. The van der Waals surface area contributed by atoms with Gasteiger partial charge in [-0.05, 0) is 32.1 Å². The second-order valence-electron chi connectivity index (χ2n) is 6.62. The van der Waals surface area contributed by atoms with Gasteiger partial charge in [-0.2, -0.15) is 0 Å². The summed E-state index contributed by atoms with van der Waals surface area (Å²) in [6.07, 6.45) is 2.13. The van der Waals surface area contributed by atoms with Crippen molar-refractivity contribution in [2.45, 2.75) is 64.6 Å². The van der Waals surface area contributed by atoms with Crippen LogP contribution >= 0.6 is 0 Å². The molecule has 0 spiro atoms. The SMILES string of the molecule is CCC1C(=O)NC(CC(C)C)C(=O)N1C1(C)CCOC1. The van der Waals surface area contributed by atoms with Crippen molar-refractivity contribution in [3.05, 3.63) is 0 Å². The summed E-state index contributed by atoms with van der Waals surface area (Å²) >= 11 is 0. The number of piperazine rings is 1. The topological polar surface area (TPSA) is 58.6 Å². The van der Waals surface area contributed by atoms with E-state index < -0.39 is 0 Å². The molecule has 0 aromatic carbocycles. The second-order valence-corrected chi connectivity index (χ2v) is 6.62. The summed E-state index contributed by atoms with van der Waals surface area (Å²) in [6.45, 7) is 9.30. The summed E-state index contributed by atoms with van der Waals surface area (Å²) in [7, 11) is 0. The van der Waals surface area contributed by atoms with Crippen molar-refractivity contribution in [2.75, 3.05) is 13.2 Å². The summed E-state index contributed by atoms with van der Waals surface area (Å²) < 4.78 is 5.48. The number of hydrogen-bond donors (Lipinski definition) is 1. The molecule has 20 heavy (non-hydrogen) atoms. The predicted octanol–water partition coefficient (Wildman–Crippen LogP) is 1.32. The maximum Gasteiger partial charge on any atom is 0.246 e.